The molecule has 0 aromatic heterocycles. The number of nitrogens with zero attached hydrogens (tertiary/aromatic N) is 2. The summed E-state index contributed by atoms with van der Waals surface area (Å²) in [6, 6.07) is 16.2. The predicted molar refractivity (Wildman–Crippen MR) is 109 cm³/mol. The van der Waals surface area contributed by atoms with E-state index in [4.69, 9.17) is 11.6 Å². The highest BCUT2D eigenvalue weighted by Gasteiger charge is 2.32. The summed E-state index contributed by atoms with van der Waals surface area (Å²) in [4.78, 5) is 19.3. The van der Waals surface area contributed by atoms with Crippen LogP contribution in [0, 0.1) is 0 Å². The van der Waals surface area contributed by atoms with Crippen LogP contribution in [-0.4, -0.2) is 27.6 Å². The second-order valence-corrected chi connectivity index (χ2v) is 6.96. The second kappa shape index (κ2) is 8.25. The molecular weight excluding hydrogens is 368 g/mol. The van der Waals surface area contributed by atoms with Gasteiger partial charge in [-0.2, -0.15) is 0 Å². The molecule has 26 heavy (non-hydrogen) atoms. The van der Waals surface area contributed by atoms with E-state index in [-0.39, 0.29) is 11.7 Å². The van der Waals surface area contributed by atoms with Crippen LogP contribution in [0.4, 0.5) is 5.69 Å². The Hall–Kier alpha value is -2.50. The Bertz CT molecular complexity index is 890. The number of allylic oxidation sites excluding steroid dienone is 2. The molecule has 0 radical (unpaired) electrons. The van der Waals surface area contributed by atoms with Crippen molar-refractivity contribution in [2.24, 2.45) is 4.99 Å². The minimum atomic E-state index is -0.116. The first-order chi connectivity index (χ1) is 12.6. The predicted octanol–water partition coefficient (Wildman–Crippen LogP) is 5.14. The number of hydrogen-bond acceptors (Lipinski definition) is 4. The molecule has 1 fully saturated rings. The van der Waals surface area contributed by atoms with Crippen LogP contribution in [0.25, 0.3) is 6.08 Å². The summed E-state index contributed by atoms with van der Waals surface area (Å²) in [7, 11) is 0. The van der Waals surface area contributed by atoms with Crippen molar-refractivity contribution in [3.63, 3.8) is 0 Å². The highest BCUT2D eigenvalue weighted by molar-refractivity contribution is 8.18. The van der Waals surface area contributed by atoms with Crippen molar-refractivity contribution in [1.82, 2.24) is 4.90 Å². The zero-order valence-electron chi connectivity index (χ0n) is 14.1. The number of benzene rings is 2. The fourth-order valence-corrected chi connectivity index (χ4v) is 3.74. The summed E-state index contributed by atoms with van der Waals surface area (Å²) >= 11 is 7.60. The van der Waals surface area contributed by atoms with Gasteiger partial charge in [0.1, 0.15) is 5.75 Å². The lowest BCUT2D eigenvalue weighted by Crippen LogP contribution is -2.28. The van der Waals surface area contributed by atoms with Gasteiger partial charge in [-0.05, 0) is 60.7 Å². The smallest absolute Gasteiger partial charge is 0.266 e. The lowest BCUT2D eigenvalue weighted by Gasteiger charge is -2.11. The number of carbonyl (C=O) groups is 1. The maximum Gasteiger partial charge on any atom is 0.266 e. The first kappa shape index (κ1) is 18.3. The number of likely N-dealkylation sites (N-methyl/N-ethyl adjacent to an activating group) is 1. The first-order valence-electron chi connectivity index (χ1n) is 8.08. The topological polar surface area (TPSA) is 52.9 Å². The number of aromatic hydroxyl groups is 1. The van der Waals surface area contributed by atoms with Gasteiger partial charge >= 0.3 is 0 Å². The van der Waals surface area contributed by atoms with E-state index in [9.17, 15) is 9.90 Å². The molecule has 0 spiro atoms. The van der Waals surface area contributed by atoms with Gasteiger partial charge in [-0.25, -0.2) is 4.99 Å². The molecule has 1 amide bonds. The number of amidine groups is 1. The van der Waals surface area contributed by atoms with Gasteiger partial charge in [0, 0.05) is 11.6 Å². The van der Waals surface area contributed by atoms with Crippen LogP contribution < -0.4 is 0 Å². The van der Waals surface area contributed by atoms with Crippen LogP contribution in [0.5, 0.6) is 5.75 Å². The number of aliphatic imine (C=N–C) groups is 1. The van der Waals surface area contributed by atoms with Crippen LogP contribution >= 0.6 is 23.4 Å². The van der Waals surface area contributed by atoms with Crippen molar-refractivity contribution in [3.05, 3.63) is 76.2 Å². The average Bonchev–Trinajstić information content (AvgIpc) is 2.92. The van der Waals surface area contributed by atoms with Gasteiger partial charge in [-0.3, -0.25) is 9.69 Å². The Morgan fingerprint density at radius 1 is 1.19 bits per heavy atom. The average molecular weight is 385 g/mol. The summed E-state index contributed by atoms with van der Waals surface area (Å²) in [6.07, 6.45) is 3.48. The monoisotopic (exact) mass is 384 g/mol. The molecule has 3 rings (SSSR count). The van der Waals surface area contributed by atoms with Crippen LogP contribution in [0.1, 0.15) is 12.5 Å². The largest absolute Gasteiger partial charge is 0.508 e. The van der Waals surface area contributed by atoms with Gasteiger partial charge in [0.25, 0.3) is 5.91 Å². The fraction of sp³-hybridized carbons (Fsp3) is 0.100. The van der Waals surface area contributed by atoms with Crippen molar-refractivity contribution < 1.29 is 9.90 Å². The lowest BCUT2D eigenvalue weighted by atomic mass is 10.2. The van der Waals surface area contributed by atoms with E-state index in [1.807, 2.05) is 43.3 Å². The van der Waals surface area contributed by atoms with Crippen molar-refractivity contribution >= 4 is 46.2 Å². The van der Waals surface area contributed by atoms with E-state index >= 15 is 0 Å². The highest BCUT2D eigenvalue weighted by Crippen LogP contribution is 2.34. The Kier molecular flexibility index (Phi) is 5.81. The molecule has 0 bridgehead atoms. The summed E-state index contributed by atoms with van der Waals surface area (Å²) in [5.74, 6) is 0.0597. The number of amides is 1. The molecule has 1 saturated heterocycles. The SMILES string of the molecule is CCN1C(=O)/C(=C/C(Cl)=C/c2ccccc2)SC1=Nc1ccc(O)cc1. The molecular formula is C20H17ClN2O2S. The summed E-state index contributed by atoms with van der Waals surface area (Å²) in [5, 5.41) is 10.4. The van der Waals surface area contributed by atoms with Crippen molar-refractivity contribution in [2.45, 2.75) is 6.92 Å². The minimum Gasteiger partial charge on any atom is -0.508 e. The van der Waals surface area contributed by atoms with Gasteiger partial charge in [0.05, 0.1) is 10.6 Å². The van der Waals surface area contributed by atoms with Gasteiger partial charge < -0.3 is 5.11 Å². The fourth-order valence-electron chi connectivity index (χ4n) is 2.38. The van der Waals surface area contributed by atoms with Crippen molar-refractivity contribution in [3.8, 4) is 5.75 Å². The quantitative estimate of drug-likeness (QED) is 0.742. The number of phenols is 1. The molecule has 2 aromatic carbocycles. The molecule has 0 atom stereocenters. The molecule has 1 aliphatic rings. The van der Waals surface area contributed by atoms with E-state index < -0.39 is 0 Å². The molecule has 6 heteroatoms. The van der Waals surface area contributed by atoms with Crippen LogP contribution in [0.2, 0.25) is 0 Å². The van der Waals surface area contributed by atoms with E-state index in [0.717, 1.165) is 5.56 Å². The van der Waals surface area contributed by atoms with E-state index in [1.165, 1.54) is 11.8 Å². The number of phenolic OH excluding ortho intramolecular Hbond substituents is 1. The van der Waals surface area contributed by atoms with Gasteiger partial charge in [0.2, 0.25) is 0 Å². The molecule has 0 aliphatic carbocycles. The summed E-state index contributed by atoms with van der Waals surface area (Å²) < 4.78 is 0. The van der Waals surface area contributed by atoms with E-state index in [0.29, 0.717) is 27.3 Å². The highest BCUT2D eigenvalue weighted by atomic mass is 35.5. The Morgan fingerprint density at radius 2 is 1.88 bits per heavy atom. The number of halogens is 1. The normalized spacial score (nSPS) is 18.2. The van der Waals surface area contributed by atoms with E-state index in [2.05, 4.69) is 4.99 Å². The lowest BCUT2D eigenvalue weighted by molar-refractivity contribution is -0.122. The number of rotatable bonds is 4. The third-order valence-corrected chi connectivity index (χ3v) is 4.88. The minimum absolute atomic E-state index is 0.116. The Labute approximate surface area is 161 Å². The second-order valence-electron chi connectivity index (χ2n) is 5.51. The molecule has 0 saturated carbocycles. The summed E-state index contributed by atoms with van der Waals surface area (Å²) in [6.45, 7) is 2.41. The third kappa shape index (κ3) is 4.36. The molecule has 1 heterocycles. The first-order valence-corrected chi connectivity index (χ1v) is 9.27. The standard InChI is InChI=1S/C20H17ClN2O2S/c1-2-23-19(25)18(13-15(21)12-14-6-4-3-5-7-14)26-20(23)22-16-8-10-17(24)11-9-16/h3-13,24H,2H2,1H3/b15-12-,18-13-,22-20?. The van der Waals surface area contributed by atoms with Crippen molar-refractivity contribution in [1.29, 1.82) is 0 Å². The third-order valence-electron chi connectivity index (χ3n) is 3.65. The Morgan fingerprint density at radius 3 is 2.54 bits per heavy atom. The van der Waals surface area contributed by atoms with Crippen LogP contribution in [0.15, 0.2) is 75.6 Å². The zero-order chi connectivity index (χ0) is 18.5. The molecule has 4 nitrogen and oxygen atoms in total. The number of hydrogen-bond donors (Lipinski definition) is 1. The van der Waals surface area contributed by atoms with E-state index in [1.54, 1.807) is 35.2 Å². The van der Waals surface area contributed by atoms with Gasteiger partial charge in [-0.15, -0.1) is 0 Å². The number of thioether (sulfide) groups is 1. The van der Waals surface area contributed by atoms with Crippen LogP contribution in [0.3, 0.4) is 0 Å². The van der Waals surface area contributed by atoms with Gasteiger partial charge in [0.15, 0.2) is 5.17 Å². The maximum atomic E-state index is 12.6. The molecule has 132 valence electrons. The molecule has 0 unspecified atom stereocenters. The molecule has 2 aromatic rings. The van der Waals surface area contributed by atoms with Crippen molar-refractivity contribution in [2.75, 3.05) is 6.54 Å². The number of carbonyl (C=O) groups excluding carboxylic acids is 1. The molecule has 1 N–H and O–H groups in total. The van der Waals surface area contributed by atoms with Gasteiger partial charge in [-0.1, -0.05) is 41.9 Å². The summed E-state index contributed by atoms with van der Waals surface area (Å²) in [5.41, 5.74) is 1.64. The maximum absolute atomic E-state index is 12.6. The Balaban J connectivity index is 1.86. The zero-order valence-corrected chi connectivity index (χ0v) is 15.7. The molecule has 1 aliphatic heterocycles. The van der Waals surface area contributed by atoms with Crippen LogP contribution in [-0.2, 0) is 4.79 Å².